The Bertz CT molecular complexity index is 690. The van der Waals surface area contributed by atoms with Crippen LogP contribution in [-0.2, 0) is 10.0 Å². The predicted octanol–water partition coefficient (Wildman–Crippen LogP) is 2.17. The molecule has 1 aliphatic heterocycles. The molecule has 1 aromatic rings. The molecule has 1 saturated heterocycles. The summed E-state index contributed by atoms with van der Waals surface area (Å²) >= 11 is 0. The summed E-state index contributed by atoms with van der Waals surface area (Å²) in [6.07, 6.45) is 1.67. The van der Waals surface area contributed by atoms with E-state index in [1.165, 1.54) is 0 Å². The van der Waals surface area contributed by atoms with E-state index < -0.39 is 10.0 Å². The van der Waals surface area contributed by atoms with Crippen LogP contribution in [0.2, 0.25) is 0 Å². The lowest BCUT2D eigenvalue weighted by Gasteiger charge is -2.43. The van der Waals surface area contributed by atoms with Crippen LogP contribution in [0.4, 0.5) is 0 Å². The Kier molecular flexibility index (Phi) is 4.70. The normalized spacial score (nSPS) is 21.3. The van der Waals surface area contributed by atoms with Gasteiger partial charge in [-0.3, -0.25) is 0 Å². The van der Waals surface area contributed by atoms with Crippen molar-refractivity contribution < 1.29 is 13.7 Å². The zero-order valence-electron chi connectivity index (χ0n) is 15.4. The molecule has 0 unspecified atom stereocenters. The Hall–Kier alpha value is -0.910. The number of nitrogens with two attached hydrogens (primary N) is 1. The van der Waals surface area contributed by atoms with Gasteiger partial charge in [-0.05, 0) is 71.2 Å². The Balaban J connectivity index is 2.30. The van der Waals surface area contributed by atoms with Crippen molar-refractivity contribution in [1.29, 1.82) is 0 Å². The molecule has 2 rings (SSSR count). The smallest absolute Gasteiger partial charge is 0.241 e. The van der Waals surface area contributed by atoms with E-state index in [0.29, 0.717) is 4.90 Å². The first-order valence-electron chi connectivity index (χ1n) is 8.29. The van der Waals surface area contributed by atoms with Crippen LogP contribution in [0.25, 0.3) is 0 Å². The first-order chi connectivity index (χ1) is 10.3. The third-order valence-electron chi connectivity index (χ3n) is 4.95. The van der Waals surface area contributed by atoms with Crippen molar-refractivity contribution in [3.63, 3.8) is 0 Å². The Morgan fingerprint density at radius 3 is 2.04 bits per heavy atom. The van der Waals surface area contributed by atoms with Crippen LogP contribution >= 0.6 is 0 Å². The minimum absolute atomic E-state index is 0.0315. The van der Waals surface area contributed by atoms with Gasteiger partial charge in [-0.15, -0.1) is 0 Å². The molecule has 0 aliphatic carbocycles. The number of benzene rings is 1. The minimum Gasteiger partial charge on any atom is -0.337 e. The quantitative estimate of drug-likeness (QED) is 0.886. The van der Waals surface area contributed by atoms with E-state index >= 15 is 0 Å². The molecule has 4 nitrogen and oxygen atoms in total. The molecule has 0 saturated carbocycles. The van der Waals surface area contributed by atoms with Gasteiger partial charge in [0.15, 0.2) is 0 Å². The highest BCUT2D eigenvalue weighted by Gasteiger charge is 2.43. The molecule has 0 atom stereocenters. The van der Waals surface area contributed by atoms with E-state index in [-0.39, 0.29) is 17.1 Å². The number of piperidine rings is 1. The molecule has 0 amide bonds. The van der Waals surface area contributed by atoms with Crippen molar-refractivity contribution in [2.75, 3.05) is 0 Å². The lowest BCUT2D eigenvalue weighted by atomic mass is 9.80. The maximum atomic E-state index is 12.9. The van der Waals surface area contributed by atoms with Crippen molar-refractivity contribution in [1.82, 2.24) is 4.72 Å². The summed E-state index contributed by atoms with van der Waals surface area (Å²) in [5.74, 6) is 0. The van der Waals surface area contributed by atoms with Gasteiger partial charge < -0.3 is 5.32 Å². The van der Waals surface area contributed by atoms with Gasteiger partial charge in [0.2, 0.25) is 10.0 Å². The molecule has 23 heavy (non-hydrogen) atoms. The van der Waals surface area contributed by atoms with E-state index in [2.05, 4.69) is 37.7 Å². The van der Waals surface area contributed by atoms with Crippen molar-refractivity contribution in [3.8, 4) is 0 Å². The number of aryl methyl sites for hydroxylation is 1. The standard InChI is InChI=1S/C18H30N2O2S/c1-12-8-9-16(14(3)13(12)2)23(21,22)19-15-10-17(4,5)20-18(6,7)11-15/h8-9,15,19-20H,10-11H2,1-7H3/p+1. The minimum atomic E-state index is -3.49. The second kappa shape index (κ2) is 5.87. The van der Waals surface area contributed by atoms with Crippen molar-refractivity contribution >= 4 is 10.0 Å². The van der Waals surface area contributed by atoms with Crippen molar-refractivity contribution in [2.45, 2.75) is 83.3 Å². The molecule has 0 bridgehead atoms. The third-order valence-corrected chi connectivity index (χ3v) is 6.61. The monoisotopic (exact) mass is 339 g/mol. The maximum absolute atomic E-state index is 12.9. The van der Waals surface area contributed by atoms with Crippen LogP contribution < -0.4 is 10.0 Å². The fourth-order valence-corrected chi connectivity index (χ4v) is 5.64. The number of hydrogen-bond acceptors (Lipinski definition) is 2. The Morgan fingerprint density at radius 1 is 1.00 bits per heavy atom. The number of quaternary nitrogens is 1. The van der Waals surface area contributed by atoms with Gasteiger partial charge in [0.05, 0.1) is 16.0 Å². The SMILES string of the molecule is Cc1ccc(S(=O)(=O)NC2CC(C)(C)[NH2+]C(C)(C)C2)c(C)c1C. The molecule has 3 N–H and O–H groups in total. The summed E-state index contributed by atoms with van der Waals surface area (Å²) in [5, 5.41) is 2.35. The van der Waals surface area contributed by atoms with Gasteiger partial charge in [-0.25, -0.2) is 13.1 Å². The van der Waals surface area contributed by atoms with Crippen LogP contribution in [0.15, 0.2) is 17.0 Å². The lowest BCUT2D eigenvalue weighted by Crippen LogP contribution is -3.06. The summed E-state index contributed by atoms with van der Waals surface area (Å²) in [4.78, 5) is 0.408. The van der Waals surface area contributed by atoms with Crippen LogP contribution in [0.5, 0.6) is 0 Å². The van der Waals surface area contributed by atoms with E-state index in [1.807, 2.05) is 26.8 Å². The second-order valence-electron chi connectivity index (χ2n) is 8.48. The molecule has 1 aliphatic rings. The Labute approximate surface area is 141 Å². The largest absolute Gasteiger partial charge is 0.337 e. The highest BCUT2D eigenvalue weighted by Crippen LogP contribution is 2.26. The van der Waals surface area contributed by atoms with Gasteiger partial charge in [0.25, 0.3) is 0 Å². The molecular weight excluding hydrogens is 308 g/mol. The molecule has 1 fully saturated rings. The Morgan fingerprint density at radius 2 is 1.52 bits per heavy atom. The number of hydrogen-bond donors (Lipinski definition) is 2. The van der Waals surface area contributed by atoms with Crippen LogP contribution in [0.3, 0.4) is 0 Å². The lowest BCUT2D eigenvalue weighted by molar-refractivity contribution is -0.787. The number of nitrogens with one attached hydrogen (secondary N) is 1. The maximum Gasteiger partial charge on any atom is 0.241 e. The van der Waals surface area contributed by atoms with Gasteiger partial charge >= 0.3 is 0 Å². The summed E-state index contributed by atoms with van der Waals surface area (Å²) in [5.41, 5.74) is 3.08. The molecule has 5 heteroatoms. The van der Waals surface area contributed by atoms with Gasteiger partial charge in [-0.2, -0.15) is 0 Å². The summed E-state index contributed by atoms with van der Waals surface area (Å²) in [6, 6.07) is 3.58. The first kappa shape index (κ1) is 18.4. The fraction of sp³-hybridized carbons (Fsp3) is 0.667. The van der Waals surface area contributed by atoms with Crippen LogP contribution in [0.1, 0.15) is 57.2 Å². The molecule has 0 aromatic heterocycles. The molecular formula is C18H31N2O2S+. The average molecular weight is 340 g/mol. The number of sulfonamides is 1. The van der Waals surface area contributed by atoms with Gasteiger partial charge in [0, 0.05) is 18.9 Å². The van der Waals surface area contributed by atoms with Gasteiger partial charge in [-0.1, -0.05) is 6.07 Å². The molecule has 130 valence electrons. The second-order valence-corrected chi connectivity index (χ2v) is 10.2. The molecule has 0 spiro atoms. The van der Waals surface area contributed by atoms with Crippen LogP contribution in [-0.4, -0.2) is 25.5 Å². The summed E-state index contributed by atoms with van der Waals surface area (Å²) in [7, 11) is -3.49. The molecule has 1 aromatic carbocycles. The topological polar surface area (TPSA) is 62.8 Å². The number of rotatable bonds is 3. The third kappa shape index (κ3) is 4.14. The average Bonchev–Trinajstić information content (AvgIpc) is 2.30. The first-order valence-corrected chi connectivity index (χ1v) is 9.78. The van der Waals surface area contributed by atoms with E-state index in [1.54, 1.807) is 6.07 Å². The van der Waals surface area contributed by atoms with Gasteiger partial charge in [0.1, 0.15) is 0 Å². The van der Waals surface area contributed by atoms with E-state index in [9.17, 15) is 8.42 Å². The molecule has 0 radical (unpaired) electrons. The zero-order chi connectivity index (χ0) is 17.6. The van der Waals surface area contributed by atoms with E-state index in [4.69, 9.17) is 0 Å². The fourth-order valence-electron chi connectivity index (χ4n) is 4.11. The highest BCUT2D eigenvalue weighted by atomic mass is 32.2. The van der Waals surface area contributed by atoms with Crippen molar-refractivity contribution in [2.24, 2.45) is 0 Å². The zero-order valence-corrected chi connectivity index (χ0v) is 16.3. The summed E-state index contributed by atoms with van der Waals surface area (Å²) in [6.45, 7) is 14.6. The predicted molar refractivity (Wildman–Crippen MR) is 94.1 cm³/mol. The van der Waals surface area contributed by atoms with Crippen molar-refractivity contribution in [3.05, 3.63) is 28.8 Å². The van der Waals surface area contributed by atoms with Crippen LogP contribution in [0, 0.1) is 20.8 Å². The van der Waals surface area contributed by atoms with E-state index in [0.717, 1.165) is 29.5 Å². The highest BCUT2D eigenvalue weighted by molar-refractivity contribution is 7.89. The summed E-state index contributed by atoms with van der Waals surface area (Å²) < 4.78 is 28.7. The molecule has 1 heterocycles.